The first-order valence-corrected chi connectivity index (χ1v) is 8.95. The summed E-state index contributed by atoms with van der Waals surface area (Å²) in [6, 6.07) is 20.1. The third-order valence-corrected chi connectivity index (χ3v) is 5.29. The van der Waals surface area contributed by atoms with Gasteiger partial charge in [-0.25, -0.2) is 4.79 Å². The van der Waals surface area contributed by atoms with Crippen LogP contribution in [0, 0.1) is 17.2 Å². The predicted molar refractivity (Wildman–Crippen MR) is 98.1 cm³/mol. The van der Waals surface area contributed by atoms with Crippen molar-refractivity contribution < 1.29 is 14.3 Å². The van der Waals surface area contributed by atoms with E-state index in [2.05, 4.69) is 11.4 Å². The van der Waals surface area contributed by atoms with Crippen LogP contribution >= 0.6 is 0 Å². The van der Waals surface area contributed by atoms with Crippen LogP contribution in [0.15, 0.2) is 72.0 Å². The summed E-state index contributed by atoms with van der Waals surface area (Å²) < 4.78 is 5.58. The van der Waals surface area contributed by atoms with Crippen molar-refractivity contribution in [3.05, 3.63) is 83.1 Å². The number of carbonyl (C=O) groups excluding carboxylic acids is 2. The Hall–Kier alpha value is -3.39. The molecular weight excluding hydrogens is 340 g/mol. The summed E-state index contributed by atoms with van der Waals surface area (Å²) in [7, 11) is 0. The van der Waals surface area contributed by atoms with Gasteiger partial charge in [-0.2, -0.15) is 5.26 Å². The summed E-state index contributed by atoms with van der Waals surface area (Å²) in [5.74, 6) is -0.858. The highest BCUT2D eigenvalue weighted by atomic mass is 16.5. The lowest BCUT2D eigenvalue weighted by atomic mass is 9.73. The van der Waals surface area contributed by atoms with Crippen LogP contribution in [0.3, 0.4) is 0 Å². The van der Waals surface area contributed by atoms with Gasteiger partial charge in [0.2, 0.25) is 0 Å². The molecule has 1 saturated heterocycles. The van der Waals surface area contributed by atoms with Crippen LogP contribution in [-0.2, 0) is 15.1 Å². The van der Waals surface area contributed by atoms with E-state index in [-0.39, 0.29) is 11.8 Å². The maximum absolute atomic E-state index is 13.1. The molecule has 0 radical (unpaired) electrons. The monoisotopic (exact) mass is 358 g/mol. The van der Waals surface area contributed by atoms with E-state index in [0.29, 0.717) is 35.3 Å². The van der Waals surface area contributed by atoms with Crippen molar-refractivity contribution in [2.45, 2.75) is 24.8 Å². The fourth-order valence-corrected chi connectivity index (χ4v) is 4.00. The van der Waals surface area contributed by atoms with Crippen LogP contribution in [0.25, 0.3) is 0 Å². The number of amides is 1. The van der Waals surface area contributed by atoms with Crippen LogP contribution < -0.4 is 5.32 Å². The van der Waals surface area contributed by atoms with Crippen molar-refractivity contribution in [1.29, 1.82) is 5.26 Å². The Morgan fingerprint density at radius 3 is 2.44 bits per heavy atom. The highest BCUT2D eigenvalue weighted by Crippen LogP contribution is 2.49. The van der Waals surface area contributed by atoms with Crippen molar-refractivity contribution in [3.63, 3.8) is 0 Å². The minimum Gasteiger partial charge on any atom is -0.428 e. The van der Waals surface area contributed by atoms with E-state index >= 15 is 0 Å². The number of ether oxygens (including phenoxy) is 1. The first kappa shape index (κ1) is 17.0. The third kappa shape index (κ3) is 2.70. The lowest BCUT2D eigenvalue weighted by molar-refractivity contribution is -0.141. The second-order valence-electron chi connectivity index (χ2n) is 6.78. The lowest BCUT2D eigenvalue weighted by Crippen LogP contribution is -2.53. The highest BCUT2D eigenvalue weighted by molar-refractivity contribution is 6.00. The minimum atomic E-state index is -1.33. The molecule has 2 atom stereocenters. The van der Waals surface area contributed by atoms with Gasteiger partial charge in [0.1, 0.15) is 5.76 Å². The molecule has 5 heteroatoms. The first-order chi connectivity index (χ1) is 13.2. The van der Waals surface area contributed by atoms with Gasteiger partial charge in [-0.05, 0) is 37.0 Å². The summed E-state index contributed by atoms with van der Waals surface area (Å²) in [6.45, 7) is 0. The molecule has 2 aromatic carbocycles. The van der Waals surface area contributed by atoms with Crippen LogP contribution in [0.5, 0.6) is 0 Å². The Kier molecular flexibility index (Phi) is 4.25. The van der Waals surface area contributed by atoms with Gasteiger partial charge < -0.3 is 10.1 Å². The van der Waals surface area contributed by atoms with Crippen LogP contribution in [-0.4, -0.2) is 11.9 Å². The van der Waals surface area contributed by atoms with Crippen molar-refractivity contribution in [2.75, 3.05) is 0 Å². The Morgan fingerprint density at radius 2 is 1.78 bits per heavy atom. The zero-order valence-electron chi connectivity index (χ0n) is 14.6. The van der Waals surface area contributed by atoms with Gasteiger partial charge in [0.15, 0.2) is 5.54 Å². The topological polar surface area (TPSA) is 79.2 Å². The molecule has 1 aliphatic carbocycles. The number of fused-ring (bicyclic) bond motifs is 1. The molecule has 27 heavy (non-hydrogen) atoms. The molecule has 0 saturated carbocycles. The summed E-state index contributed by atoms with van der Waals surface area (Å²) in [5.41, 5.74) is 0.297. The van der Waals surface area contributed by atoms with Crippen molar-refractivity contribution in [2.24, 2.45) is 5.92 Å². The normalized spacial score (nSPS) is 24.0. The number of carbonyl (C=O) groups is 2. The van der Waals surface area contributed by atoms with Crippen molar-refractivity contribution in [1.82, 2.24) is 5.32 Å². The van der Waals surface area contributed by atoms with Gasteiger partial charge in [0.25, 0.3) is 5.91 Å². The van der Waals surface area contributed by atoms with E-state index in [9.17, 15) is 14.9 Å². The smallest absolute Gasteiger partial charge is 0.342 e. The first-order valence-electron chi connectivity index (χ1n) is 8.95. The molecule has 0 aromatic heterocycles. The molecular formula is C22H18N2O3. The fraction of sp³-hybridized carbons (Fsp3) is 0.227. The van der Waals surface area contributed by atoms with Crippen molar-refractivity contribution in [3.8, 4) is 6.07 Å². The number of allylic oxidation sites excluding steroid dienone is 1. The highest BCUT2D eigenvalue weighted by Gasteiger charge is 2.58. The molecule has 0 unspecified atom stereocenters. The molecule has 1 N–H and O–H groups in total. The number of rotatable bonds is 3. The lowest BCUT2D eigenvalue weighted by Gasteiger charge is -2.34. The number of benzene rings is 2. The van der Waals surface area contributed by atoms with Gasteiger partial charge in [-0.15, -0.1) is 0 Å². The number of hydrogen-bond donors (Lipinski definition) is 1. The number of nitrogens with one attached hydrogen (secondary N) is 1. The van der Waals surface area contributed by atoms with Gasteiger partial charge in [-0.3, -0.25) is 4.79 Å². The van der Waals surface area contributed by atoms with Gasteiger partial charge in [-0.1, -0.05) is 48.5 Å². The average molecular weight is 358 g/mol. The maximum Gasteiger partial charge on any atom is 0.342 e. The number of esters is 1. The van der Waals surface area contributed by atoms with Crippen LogP contribution in [0.1, 0.15) is 35.2 Å². The molecule has 2 aliphatic rings. The maximum atomic E-state index is 13.1. The zero-order valence-corrected chi connectivity index (χ0v) is 14.6. The molecule has 4 rings (SSSR count). The summed E-state index contributed by atoms with van der Waals surface area (Å²) in [5, 5.41) is 12.4. The molecule has 0 spiro atoms. The quantitative estimate of drug-likeness (QED) is 0.853. The Bertz CT molecular complexity index is 960. The fourth-order valence-electron chi connectivity index (χ4n) is 4.00. The molecule has 1 aliphatic heterocycles. The summed E-state index contributed by atoms with van der Waals surface area (Å²) in [6.07, 6.45) is 2.02. The van der Waals surface area contributed by atoms with Gasteiger partial charge >= 0.3 is 5.97 Å². The Morgan fingerprint density at radius 1 is 1.11 bits per heavy atom. The third-order valence-electron chi connectivity index (χ3n) is 5.29. The molecule has 1 fully saturated rings. The van der Waals surface area contributed by atoms with Gasteiger partial charge in [0, 0.05) is 5.56 Å². The molecule has 134 valence electrons. The average Bonchev–Trinajstić information content (AvgIpc) is 3.01. The van der Waals surface area contributed by atoms with Crippen molar-refractivity contribution >= 4 is 11.9 Å². The zero-order chi connectivity index (χ0) is 18.9. The molecule has 1 amide bonds. The molecule has 0 bridgehead atoms. The summed E-state index contributed by atoms with van der Waals surface area (Å²) >= 11 is 0. The van der Waals surface area contributed by atoms with E-state index in [1.165, 1.54) is 0 Å². The Labute approximate surface area is 157 Å². The predicted octanol–water partition coefficient (Wildman–Crippen LogP) is 3.45. The molecule has 2 aromatic rings. The number of hydrogen-bond acceptors (Lipinski definition) is 4. The second-order valence-corrected chi connectivity index (χ2v) is 6.78. The number of nitrogens with zero attached hydrogens (tertiary/aromatic N) is 1. The second kappa shape index (κ2) is 6.73. The molecule has 1 heterocycles. The number of nitriles is 1. The standard InChI is InChI=1S/C22H18N2O3/c23-14-16-10-7-13-18-19(16)27-21(26)22(18,17-11-5-2-6-12-17)24-20(25)15-8-3-1-4-9-15/h1-6,8-9,11-12,18H,7,10,13H2,(H,24,25)/t18-,22+/m1/s1. The van der Waals surface area contributed by atoms with Crippen LogP contribution in [0.2, 0.25) is 0 Å². The van der Waals surface area contributed by atoms with E-state index in [4.69, 9.17) is 4.74 Å². The molecule has 5 nitrogen and oxygen atoms in total. The van der Waals surface area contributed by atoms with Crippen LogP contribution in [0.4, 0.5) is 0 Å². The van der Waals surface area contributed by atoms with E-state index < -0.39 is 11.5 Å². The summed E-state index contributed by atoms with van der Waals surface area (Å²) in [4.78, 5) is 26.1. The SMILES string of the molecule is N#CC1=C2OC(=O)[C@](NC(=O)c3ccccc3)(c3ccccc3)[C@@H]2CCC1. The van der Waals surface area contributed by atoms with E-state index in [0.717, 1.165) is 6.42 Å². The Balaban J connectivity index is 1.85. The van der Waals surface area contributed by atoms with Gasteiger partial charge in [0.05, 0.1) is 17.6 Å². The van der Waals surface area contributed by atoms with E-state index in [1.807, 2.05) is 36.4 Å². The minimum absolute atomic E-state index is 0.346. The largest absolute Gasteiger partial charge is 0.428 e. The van der Waals surface area contributed by atoms with E-state index in [1.54, 1.807) is 24.3 Å².